The smallest absolute Gasteiger partial charge is 0.250 e. The Kier molecular flexibility index (Phi) is 2.60. The number of benzene rings is 1. The van der Waals surface area contributed by atoms with E-state index in [2.05, 4.69) is 26.5 Å². The number of hydrogen-bond acceptors (Lipinski definition) is 5. The predicted molar refractivity (Wildman–Crippen MR) is 72.7 cm³/mol. The number of aromatic amines is 1. The van der Waals surface area contributed by atoms with Crippen molar-refractivity contribution in [1.82, 2.24) is 19.9 Å². The topological polar surface area (TPSA) is 89.7 Å². The minimum atomic E-state index is 0.123. The minimum absolute atomic E-state index is 0.123. The molecule has 3 rings (SSSR count). The molecule has 0 aliphatic heterocycles. The second-order valence-corrected chi connectivity index (χ2v) is 3.86. The molecule has 0 spiro atoms. The normalized spacial score (nSPS) is 10.5. The van der Waals surface area contributed by atoms with Crippen molar-refractivity contribution < 1.29 is 4.74 Å². The molecule has 0 radical (unpaired) electrons. The Morgan fingerprint density at radius 1 is 1.21 bits per heavy atom. The standard InChI is InChI=1S/C13H11N5O/c1-2-8-3-5-9(6-4-8)19-12-10-11(16-7-15-10)17-13(14)18-12/h2-7H,1H2,(H3,14,15,16,17,18). The molecule has 0 aliphatic carbocycles. The van der Waals surface area contributed by atoms with Crippen molar-refractivity contribution in [2.24, 2.45) is 0 Å². The number of rotatable bonds is 3. The van der Waals surface area contributed by atoms with Gasteiger partial charge in [-0.15, -0.1) is 0 Å². The molecule has 0 unspecified atom stereocenters. The van der Waals surface area contributed by atoms with Crippen LogP contribution < -0.4 is 10.5 Å². The van der Waals surface area contributed by atoms with Crippen LogP contribution in [0.25, 0.3) is 17.2 Å². The number of H-pyrrole nitrogens is 1. The lowest BCUT2D eigenvalue weighted by Gasteiger charge is -2.06. The first kappa shape index (κ1) is 11.2. The highest BCUT2D eigenvalue weighted by Gasteiger charge is 2.10. The van der Waals surface area contributed by atoms with Crippen LogP contribution in [0.15, 0.2) is 37.2 Å². The van der Waals surface area contributed by atoms with Crippen LogP contribution in [0.1, 0.15) is 5.56 Å². The van der Waals surface area contributed by atoms with Gasteiger partial charge >= 0.3 is 0 Å². The summed E-state index contributed by atoms with van der Waals surface area (Å²) in [5, 5.41) is 0. The van der Waals surface area contributed by atoms with Crippen LogP contribution in [0.2, 0.25) is 0 Å². The molecule has 2 heterocycles. The summed E-state index contributed by atoms with van der Waals surface area (Å²) in [5.41, 5.74) is 7.72. The number of anilines is 1. The Hall–Kier alpha value is -2.89. The third-order valence-electron chi connectivity index (χ3n) is 2.60. The van der Waals surface area contributed by atoms with Gasteiger partial charge in [0.1, 0.15) is 11.3 Å². The van der Waals surface area contributed by atoms with Crippen LogP contribution >= 0.6 is 0 Å². The van der Waals surface area contributed by atoms with Crippen molar-refractivity contribution in [2.45, 2.75) is 0 Å². The molecule has 6 heteroatoms. The van der Waals surface area contributed by atoms with Crippen molar-refractivity contribution in [1.29, 1.82) is 0 Å². The Morgan fingerprint density at radius 2 is 2.00 bits per heavy atom. The van der Waals surface area contributed by atoms with E-state index in [0.717, 1.165) is 5.56 Å². The van der Waals surface area contributed by atoms with Crippen LogP contribution in [-0.4, -0.2) is 19.9 Å². The number of nitrogens with two attached hydrogens (primary N) is 1. The van der Waals surface area contributed by atoms with Crippen molar-refractivity contribution in [3.8, 4) is 11.6 Å². The quantitative estimate of drug-likeness (QED) is 0.747. The van der Waals surface area contributed by atoms with Crippen LogP contribution in [-0.2, 0) is 0 Å². The monoisotopic (exact) mass is 253 g/mol. The number of ether oxygens (including phenoxy) is 1. The van der Waals surface area contributed by atoms with E-state index in [9.17, 15) is 0 Å². The average Bonchev–Trinajstić information content (AvgIpc) is 2.88. The maximum atomic E-state index is 5.69. The number of nitrogens with zero attached hydrogens (tertiary/aromatic N) is 3. The minimum Gasteiger partial charge on any atom is -0.437 e. The van der Waals surface area contributed by atoms with Gasteiger partial charge in [-0.05, 0) is 17.7 Å². The zero-order valence-electron chi connectivity index (χ0n) is 10.00. The summed E-state index contributed by atoms with van der Waals surface area (Å²) in [6.07, 6.45) is 3.28. The highest BCUT2D eigenvalue weighted by Crippen LogP contribution is 2.26. The molecule has 0 atom stereocenters. The van der Waals surface area contributed by atoms with Gasteiger partial charge < -0.3 is 15.5 Å². The Balaban J connectivity index is 1.99. The van der Waals surface area contributed by atoms with E-state index in [0.29, 0.717) is 22.8 Å². The maximum absolute atomic E-state index is 5.69. The van der Waals surface area contributed by atoms with Gasteiger partial charge in [-0.2, -0.15) is 9.97 Å². The molecular formula is C13H11N5O. The van der Waals surface area contributed by atoms with Crippen molar-refractivity contribution in [3.63, 3.8) is 0 Å². The van der Waals surface area contributed by atoms with E-state index < -0.39 is 0 Å². The van der Waals surface area contributed by atoms with Gasteiger partial charge in [0.05, 0.1) is 6.33 Å². The molecular weight excluding hydrogens is 242 g/mol. The average molecular weight is 253 g/mol. The van der Waals surface area contributed by atoms with E-state index >= 15 is 0 Å². The second-order valence-electron chi connectivity index (χ2n) is 3.86. The number of fused-ring (bicyclic) bond motifs is 1. The van der Waals surface area contributed by atoms with Crippen LogP contribution in [0.4, 0.5) is 5.95 Å². The zero-order chi connectivity index (χ0) is 13.2. The van der Waals surface area contributed by atoms with E-state index in [1.54, 1.807) is 6.08 Å². The first-order chi connectivity index (χ1) is 9.26. The molecule has 6 nitrogen and oxygen atoms in total. The molecule has 0 bridgehead atoms. The van der Waals surface area contributed by atoms with Crippen molar-refractivity contribution in [2.75, 3.05) is 5.73 Å². The number of hydrogen-bond donors (Lipinski definition) is 2. The van der Waals surface area contributed by atoms with Crippen molar-refractivity contribution in [3.05, 3.63) is 42.7 Å². The molecule has 3 N–H and O–H groups in total. The largest absolute Gasteiger partial charge is 0.437 e. The van der Waals surface area contributed by atoms with Gasteiger partial charge in [0.15, 0.2) is 5.65 Å². The predicted octanol–water partition coefficient (Wildman–Crippen LogP) is 2.37. The van der Waals surface area contributed by atoms with Gasteiger partial charge in [0.25, 0.3) is 5.88 Å². The summed E-state index contributed by atoms with van der Waals surface area (Å²) in [5.74, 6) is 1.13. The van der Waals surface area contributed by atoms with E-state index in [-0.39, 0.29) is 5.95 Å². The van der Waals surface area contributed by atoms with Crippen LogP contribution in [0, 0.1) is 0 Å². The molecule has 1 aromatic carbocycles. The maximum Gasteiger partial charge on any atom is 0.250 e. The molecule has 94 valence electrons. The zero-order valence-corrected chi connectivity index (χ0v) is 10.00. The number of nitrogen functional groups attached to an aromatic ring is 1. The van der Waals surface area contributed by atoms with E-state index in [1.807, 2.05) is 24.3 Å². The fourth-order valence-corrected chi connectivity index (χ4v) is 1.68. The molecule has 0 saturated carbocycles. The summed E-state index contributed by atoms with van der Waals surface area (Å²) in [6.45, 7) is 3.70. The van der Waals surface area contributed by atoms with E-state index in [1.165, 1.54) is 6.33 Å². The second kappa shape index (κ2) is 4.41. The summed E-state index contributed by atoms with van der Waals surface area (Å²) < 4.78 is 5.69. The third kappa shape index (κ3) is 2.11. The van der Waals surface area contributed by atoms with E-state index in [4.69, 9.17) is 10.5 Å². The highest BCUT2D eigenvalue weighted by atomic mass is 16.5. The van der Waals surface area contributed by atoms with Gasteiger partial charge in [0, 0.05) is 0 Å². The number of nitrogens with one attached hydrogen (secondary N) is 1. The Bertz CT molecular complexity index is 732. The van der Waals surface area contributed by atoms with Gasteiger partial charge in [-0.3, -0.25) is 0 Å². The molecule has 0 aliphatic rings. The number of aromatic nitrogens is 4. The summed E-state index contributed by atoms with van der Waals surface area (Å²) in [6, 6.07) is 7.46. The van der Waals surface area contributed by atoms with Gasteiger partial charge in [-0.1, -0.05) is 24.8 Å². The Morgan fingerprint density at radius 3 is 2.74 bits per heavy atom. The third-order valence-corrected chi connectivity index (χ3v) is 2.60. The summed E-state index contributed by atoms with van der Waals surface area (Å²) in [4.78, 5) is 15.0. The fourth-order valence-electron chi connectivity index (χ4n) is 1.68. The first-order valence-electron chi connectivity index (χ1n) is 5.63. The molecule has 3 aromatic rings. The Labute approximate surface area is 109 Å². The lowest BCUT2D eigenvalue weighted by Crippen LogP contribution is -1.98. The molecule has 0 fully saturated rings. The molecule has 0 saturated heterocycles. The molecule has 19 heavy (non-hydrogen) atoms. The summed E-state index contributed by atoms with van der Waals surface area (Å²) >= 11 is 0. The lowest BCUT2D eigenvalue weighted by molar-refractivity contribution is 0.468. The van der Waals surface area contributed by atoms with Crippen LogP contribution in [0.5, 0.6) is 11.6 Å². The first-order valence-corrected chi connectivity index (χ1v) is 5.63. The molecule has 2 aromatic heterocycles. The lowest BCUT2D eigenvalue weighted by atomic mass is 10.2. The molecule has 0 amide bonds. The van der Waals surface area contributed by atoms with Gasteiger partial charge in [0.2, 0.25) is 5.95 Å². The van der Waals surface area contributed by atoms with Crippen molar-refractivity contribution >= 4 is 23.2 Å². The fraction of sp³-hybridized carbons (Fsp3) is 0. The number of imidazole rings is 1. The highest BCUT2D eigenvalue weighted by molar-refractivity contribution is 5.77. The SMILES string of the molecule is C=Cc1ccc(Oc2nc(N)nc3nc[nH]c23)cc1. The van der Waals surface area contributed by atoms with Gasteiger partial charge in [-0.25, -0.2) is 4.98 Å². The summed E-state index contributed by atoms with van der Waals surface area (Å²) in [7, 11) is 0. The van der Waals surface area contributed by atoms with Crippen LogP contribution in [0.3, 0.4) is 0 Å².